The summed E-state index contributed by atoms with van der Waals surface area (Å²) in [4.78, 5) is 20.7. The molecule has 5 rings (SSSR count). The van der Waals surface area contributed by atoms with E-state index in [1.807, 2.05) is 31.2 Å². The van der Waals surface area contributed by atoms with Crippen LogP contribution < -0.4 is 25.4 Å². The number of aryl methyl sites for hydroxylation is 1. The van der Waals surface area contributed by atoms with E-state index in [-0.39, 0.29) is 5.91 Å². The highest BCUT2D eigenvalue weighted by Crippen LogP contribution is 2.42. The number of anilines is 2. The molecule has 2 aromatic heterocycles. The van der Waals surface area contributed by atoms with E-state index in [1.165, 1.54) is 6.42 Å². The van der Waals surface area contributed by atoms with Crippen molar-refractivity contribution >= 4 is 17.3 Å². The molecule has 4 N–H and O–H groups in total. The molecule has 8 nitrogen and oxygen atoms in total. The van der Waals surface area contributed by atoms with E-state index in [4.69, 9.17) is 9.47 Å². The Kier molecular flexibility index (Phi) is 5.92. The number of H-pyrrole nitrogens is 1. The zero-order valence-electron chi connectivity index (χ0n) is 19.0. The number of nitrogens with one attached hydrogen (secondary N) is 4. The van der Waals surface area contributed by atoms with Crippen LogP contribution in [-0.4, -0.2) is 48.7 Å². The van der Waals surface area contributed by atoms with Crippen LogP contribution >= 0.6 is 0 Å². The highest BCUT2D eigenvalue weighted by atomic mass is 16.5. The molecule has 1 saturated heterocycles. The van der Waals surface area contributed by atoms with Gasteiger partial charge in [0.15, 0.2) is 0 Å². The van der Waals surface area contributed by atoms with Gasteiger partial charge < -0.3 is 30.4 Å². The van der Waals surface area contributed by atoms with Gasteiger partial charge in [0.25, 0.3) is 5.91 Å². The lowest BCUT2D eigenvalue weighted by atomic mass is 10.0. The minimum Gasteiger partial charge on any atom is -0.494 e. The van der Waals surface area contributed by atoms with Gasteiger partial charge in [-0.25, -0.2) is 0 Å². The van der Waals surface area contributed by atoms with Crippen molar-refractivity contribution in [2.45, 2.75) is 32.2 Å². The number of para-hydroxylation sites is 1. The molecule has 4 heterocycles. The summed E-state index contributed by atoms with van der Waals surface area (Å²) >= 11 is 0. The Morgan fingerprint density at radius 2 is 2.15 bits per heavy atom. The molecule has 2 aliphatic rings. The number of pyridine rings is 1. The van der Waals surface area contributed by atoms with Crippen LogP contribution in [0.25, 0.3) is 11.3 Å². The second-order valence-corrected chi connectivity index (χ2v) is 8.49. The van der Waals surface area contributed by atoms with Crippen LogP contribution in [-0.2, 0) is 6.42 Å². The molecule has 1 amide bonds. The Morgan fingerprint density at radius 3 is 2.97 bits per heavy atom. The number of hydrogen-bond acceptors (Lipinski definition) is 6. The number of fused-ring (bicyclic) bond motifs is 1. The van der Waals surface area contributed by atoms with Gasteiger partial charge in [0, 0.05) is 36.5 Å². The Hall–Kier alpha value is -3.52. The molecule has 172 valence electrons. The Labute approximate surface area is 193 Å². The fourth-order valence-electron chi connectivity index (χ4n) is 4.65. The van der Waals surface area contributed by atoms with Crippen molar-refractivity contribution in [2.75, 3.05) is 32.1 Å². The summed E-state index contributed by atoms with van der Waals surface area (Å²) in [6, 6.07) is 8.18. The van der Waals surface area contributed by atoms with Crippen molar-refractivity contribution in [1.29, 1.82) is 0 Å². The highest BCUT2D eigenvalue weighted by molar-refractivity contribution is 6.06. The molecule has 3 aromatic rings. The monoisotopic (exact) mass is 447 g/mol. The maximum absolute atomic E-state index is 12.9. The van der Waals surface area contributed by atoms with Gasteiger partial charge in [-0.15, -0.1) is 0 Å². The van der Waals surface area contributed by atoms with Gasteiger partial charge in [-0.05, 0) is 44.0 Å². The van der Waals surface area contributed by atoms with Gasteiger partial charge in [0.05, 0.1) is 35.9 Å². The van der Waals surface area contributed by atoms with Gasteiger partial charge >= 0.3 is 0 Å². The third-order valence-electron chi connectivity index (χ3n) is 6.30. The quantitative estimate of drug-likeness (QED) is 0.442. The lowest BCUT2D eigenvalue weighted by Gasteiger charge is -2.18. The molecule has 8 heteroatoms. The van der Waals surface area contributed by atoms with Crippen molar-refractivity contribution in [3.63, 3.8) is 0 Å². The number of ether oxygens (including phenoxy) is 2. The van der Waals surface area contributed by atoms with Gasteiger partial charge in [-0.1, -0.05) is 12.1 Å². The molecule has 0 radical (unpaired) electrons. The summed E-state index contributed by atoms with van der Waals surface area (Å²) in [6.45, 7) is 4.20. The van der Waals surface area contributed by atoms with Crippen LogP contribution in [0.5, 0.6) is 11.5 Å². The van der Waals surface area contributed by atoms with E-state index in [9.17, 15) is 4.79 Å². The van der Waals surface area contributed by atoms with Crippen molar-refractivity contribution in [3.8, 4) is 22.8 Å². The Morgan fingerprint density at radius 1 is 1.24 bits per heavy atom. The SMILES string of the molecule is COc1c(C)cccc1Nc1c(-c2ccncc2OC[C@@H]2CCCN2)[nH]c2c1C(=O)NCC2. The van der Waals surface area contributed by atoms with Gasteiger partial charge in [-0.2, -0.15) is 0 Å². The normalized spacial score (nSPS) is 17.4. The highest BCUT2D eigenvalue weighted by Gasteiger charge is 2.29. The summed E-state index contributed by atoms with van der Waals surface area (Å²) in [5, 5.41) is 9.91. The number of carbonyl (C=O) groups is 1. The van der Waals surface area contributed by atoms with Crippen LogP contribution in [0.3, 0.4) is 0 Å². The lowest BCUT2D eigenvalue weighted by molar-refractivity contribution is 0.0947. The zero-order chi connectivity index (χ0) is 22.8. The standard InChI is InChI=1S/C25H29N5O3/c1-15-5-3-7-19(24(15)32-2)30-23-21-18(9-12-28-25(21)31)29-22(23)17-8-11-26-13-20(17)33-14-16-6-4-10-27-16/h3,5,7-8,11,13,16,27,29-30H,4,6,9-10,12,14H2,1-2H3,(H,28,31)/t16-/m0/s1. The minimum atomic E-state index is -0.0976. The number of amides is 1. The maximum atomic E-state index is 12.9. The number of benzene rings is 1. The number of aromatic amines is 1. The molecule has 0 bridgehead atoms. The first-order valence-corrected chi connectivity index (χ1v) is 11.4. The number of carbonyl (C=O) groups excluding carboxylic acids is 1. The second-order valence-electron chi connectivity index (χ2n) is 8.49. The first-order chi connectivity index (χ1) is 16.2. The molecule has 0 unspecified atom stereocenters. The first-order valence-electron chi connectivity index (χ1n) is 11.4. The van der Waals surface area contributed by atoms with Crippen LogP contribution in [0.2, 0.25) is 0 Å². The van der Waals surface area contributed by atoms with Gasteiger partial charge in [-0.3, -0.25) is 9.78 Å². The van der Waals surface area contributed by atoms with E-state index in [2.05, 4.69) is 25.9 Å². The molecule has 1 aromatic carbocycles. The minimum absolute atomic E-state index is 0.0976. The molecule has 0 aliphatic carbocycles. The molecule has 0 saturated carbocycles. The lowest BCUT2D eigenvalue weighted by Crippen LogP contribution is -2.31. The molecule has 33 heavy (non-hydrogen) atoms. The Balaban J connectivity index is 1.58. The van der Waals surface area contributed by atoms with Crippen LogP contribution in [0.15, 0.2) is 36.7 Å². The fourth-order valence-corrected chi connectivity index (χ4v) is 4.65. The number of aromatic nitrogens is 2. The third-order valence-corrected chi connectivity index (χ3v) is 6.30. The first kappa shape index (κ1) is 21.3. The average Bonchev–Trinajstić information content (AvgIpc) is 3.47. The molecule has 0 spiro atoms. The summed E-state index contributed by atoms with van der Waals surface area (Å²) < 4.78 is 11.9. The predicted molar refractivity (Wildman–Crippen MR) is 128 cm³/mol. The summed E-state index contributed by atoms with van der Waals surface area (Å²) in [5.74, 6) is 1.33. The van der Waals surface area contributed by atoms with E-state index in [0.29, 0.717) is 36.2 Å². The fraction of sp³-hybridized carbons (Fsp3) is 0.360. The molecule has 2 aliphatic heterocycles. The number of rotatable bonds is 7. The van der Waals surface area contributed by atoms with Crippen LogP contribution in [0, 0.1) is 6.92 Å². The van der Waals surface area contributed by atoms with E-state index in [1.54, 1.807) is 19.5 Å². The van der Waals surface area contributed by atoms with Crippen molar-refractivity contribution in [3.05, 3.63) is 53.5 Å². The average molecular weight is 448 g/mol. The predicted octanol–water partition coefficient (Wildman–Crippen LogP) is 3.55. The van der Waals surface area contributed by atoms with E-state index >= 15 is 0 Å². The number of nitrogens with zero attached hydrogens (tertiary/aromatic N) is 1. The van der Waals surface area contributed by atoms with Crippen LogP contribution in [0.1, 0.15) is 34.5 Å². The van der Waals surface area contributed by atoms with Crippen molar-refractivity contribution < 1.29 is 14.3 Å². The van der Waals surface area contributed by atoms with Crippen molar-refractivity contribution in [1.82, 2.24) is 20.6 Å². The summed E-state index contributed by atoms with van der Waals surface area (Å²) in [7, 11) is 1.65. The third kappa shape index (κ3) is 4.14. The summed E-state index contributed by atoms with van der Waals surface area (Å²) in [6.07, 6.45) is 6.48. The molecule has 1 atom stereocenters. The molecular weight excluding hydrogens is 418 g/mol. The number of methoxy groups -OCH3 is 1. The Bertz CT molecular complexity index is 1170. The van der Waals surface area contributed by atoms with Crippen molar-refractivity contribution in [2.24, 2.45) is 0 Å². The van der Waals surface area contributed by atoms with Gasteiger partial charge in [0.1, 0.15) is 18.1 Å². The van der Waals surface area contributed by atoms with Gasteiger partial charge in [0.2, 0.25) is 0 Å². The van der Waals surface area contributed by atoms with Crippen LogP contribution in [0.4, 0.5) is 11.4 Å². The molecule has 1 fully saturated rings. The topological polar surface area (TPSA) is 100 Å². The second kappa shape index (κ2) is 9.15. The summed E-state index contributed by atoms with van der Waals surface area (Å²) in [5.41, 5.74) is 5.71. The van der Waals surface area contributed by atoms with E-state index < -0.39 is 0 Å². The zero-order valence-corrected chi connectivity index (χ0v) is 19.0. The van der Waals surface area contributed by atoms with E-state index in [0.717, 1.165) is 53.3 Å². The maximum Gasteiger partial charge on any atom is 0.255 e. The smallest absolute Gasteiger partial charge is 0.255 e. The number of hydrogen-bond donors (Lipinski definition) is 4. The largest absolute Gasteiger partial charge is 0.494 e. The molecular formula is C25H29N5O3.